The third-order valence-electron chi connectivity index (χ3n) is 2.40. The number of nitrogens with zero attached hydrogens (tertiary/aromatic N) is 3. The molecule has 0 saturated carbocycles. The van der Waals surface area contributed by atoms with Crippen molar-refractivity contribution in [1.29, 1.82) is 0 Å². The molecular formula is C9H5ClF3N3O2. The quantitative estimate of drug-likeness (QED) is 0.595. The molecule has 0 atom stereocenters. The molecule has 0 aliphatic rings. The summed E-state index contributed by atoms with van der Waals surface area (Å²) in [5.74, 6) is -1.23. The predicted octanol–water partition coefficient (Wildman–Crippen LogP) is 3.15. The molecule has 9 heteroatoms. The van der Waals surface area contributed by atoms with Gasteiger partial charge in [0.15, 0.2) is 0 Å². The monoisotopic (exact) mass is 279 g/mol. The van der Waals surface area contributed by atoms with Gasteiger partial charge in [0.25, 0.3) is 5.69 Å². The van der Waals surface area contributed by atoms with Gasteiger partial charge in [0.05, 0.1) is 9.95 Å². The summed E-state index contributed by atoms with van der Waals surface area (Å²) in [5, 5.41) is 10.7. The number of hydrogen-bond acceptors (Lipinski definition) is 3. The molecule has 0 aliphatic heterocycles. The number of imidazole rings is 1. The number of nitro groups is 1. The minimum absolute atomic E-state index is 0.0679. The number of aryl methyl sites for hydroxylation is 1. The van der Waals surface area contributed by atoms with Crippen LogP contribution in [0.5, 0.6) is 0 Å². The Bertz CT molecular complexity index is 651. The van der Waals surface area contributed by atoms with E-state index in [0.717, 1.165) is 19.2 Å². The fraction of sp³-hybridized carbons (Fsp3) is 0.222. The third-order valence-corrected chi connectivity index (χ3v) is 2.71. The number of benzene rings is 1. The molecule has 0 spiro atoms. The minimum Gasteiger partial charge on any atom is -0.318 e. The average Bonchev–Trinajstić information content (AvgIpc) is 2.57. The van der Waals surface area contributed by atoms with Crippen molar-refractivity contribution in [2.75, 3.05) is 0 Å². The van der Waals surface area contributed by atoms with E-state index in [0.29, 0.717) is 4.57 Å². The smallest absolute Gasteiger partial charge is 0.318 e. The van der Waals surface area contributed by atoms with Gasteiger partial charge in [0, 0.05) is 13.1 Å². The van der Waals surface area contributed by atoms with Crippen LogP contribution in [0, 0.1) is 10.1 Å². The van der Waals surface area contributed by atoms with Crippen LogP contribution in [-0.2, 0) is 13.2 Å². The number of nitro benzene ring substituents is 1. The van der Waals surface area contributed by atoms with Gasteiger partial charge in [-0.2, -0.15) is 13.2 Å². The summed E-state index contributed by atoms with van der Waals surface area (Å²) in [5.41, 5.74) is -0.958. The average molecular weight is 280 g/mol. The van der Waals surface area contributed by atoms with Gasteiger partial charge in [0.2, 0.25) is 5.82 Å². The second-order valence-corrected chi connectivity index (χ2v) is 3.92. The Hall–Kier alpha value is -1.83. The van der Waals surface area contributed by atoms with E-state index in [1.165, 1.54) is 0 Å². The molecule has 0 bridgehead atoms. The van der Waals surface area contributed by atoms with E-state index >= 15 is 0 Å². The van der Waals surface area contributed by atoms with Crippen molar-refractivity contribution in [2.45, 2.75) is 6.18 Å². The Morgan fingerprint density at radius 2 is 2.06 bits per heavy atom. The third kappa shape index (κ3) is 1.78. The molecule has 0 amide bonds. The van der Waals surface area contributed by atoms with Gasteiger partial charge in [-0.05, 0) is 6.07 Å². The van der Waals surface area contributed by atoms with Crippen LogP contribution in [0.4, 0.5) is 18.9 Å². The highest BCUT2D eigenvalue weighted by atomic mass is 35.5. The van der Waals surface area contributed by atoms with Crippen LogP contribution in [-0.4, -0.2) is 14.5 Å². The van der Waals surface area contributed by atoms with E-state index in [1.54, 1.807) is 0 Å². The molecule has 0 radical (unpaired) electrons. The first-order chi connectivity index (χ1) is 8.23. The topological polar surface area (TPSA) is 61.0 Å². The molecule has 0 saturated heterocycles. The first kappa shape index (κ1) is 12.6. The van der Waals surface area contributed by atoms with Crippen molar-refractivity contribution in [3.8, 4) is 0 Å². The molecule has 5 nitrogen and oxygen atoms in total. The predicted molar refractivity (Wildman–Crippen MR) is 57.4 cm³/mol. The number of hydrogen-bond donors (Lipinski definition) is 0. The SMILES string of the molecule is Cn1c(C(F)(F)F)nc2c(Cl)ccc([N+](=O)[O-])c21. The van der Waals surface area contributed by atoms with Crippen LogP contribution in [0.1, 0.15) is 5.82 Å². The van der Waals surface area contributed by atoms with Crippen LogP contribution in [0.25, 0.3) is 11.0 Å². The number of alkyl halides is 3. The van der Waals surface area contributed by atoms with Crippen molar-refractivity contribution < 1.29 is 18.1 Å². The highest BCUT2D eigenvalue weighted by Gasteiger charge is 2.38. The molecule has 0 fully saturated rings. The molecule has 1 aromatic carbocycles. The van der Waals surface area contributed by atoms with Gasteiger partial charge in [0.1, 0.15) is 11.0 Å². The number of fused-ring (bicyclic) bond motifs is 1. The van der Waals surface area contributed by atoms with Crippen LogP contribution in [0.3, 0.4) is 0 Å². The van der Waals surface area contributed by atoms with Crippen molar-refractivity contribution in [3.05, 3.63) is 33.1 Å². The maximum absolute atomic E-state index is 12.7. The van der Waals surface area contributed by atoms with E-state index in [4.69, 9.17) is 11.6 Å². The van der Waals surface area contributed by atoms with Crippen molar-refractivity contribution in [1.82, 2.24) is 9.55 Å². The Kier molecular flexibility index (Phi) is 2.69. The second kappa shape index (κ2) is 3.84. The summed E-state index contributed by atoms with van der Waals surface area (Å²) < 4.78 is 38.6. The Morgan fingerprint density at radius 1 is 1.44 bits per heavy atom. The fourth-order valence-electron chi connectivity index (χ4n) is 1.67. The van der Waals surface area contributed by atoms with Gasteiger partial charge >= 0.3 is 6.18 Å². The van der Waals surface area contributed by atoms with E-state index in [-0.39, 0.29) is 16.1 Å². The Morgan fingerprint density at radius 3 is 2.56 bits per heavy atom. The lowest BCUT2D eigenvalue weighted by Gasteiger charge is -2.05. The zero-order valence-corrected chi connectivity index (χ0v) is 9.58. The van der Waals surface area contributed by atoms with Crippen molar-refractivity contribution >= 4 is 28.3 Å². The fourth-order valence-corrected chi connectivity index (χ4v) is 1.86. The normalized spacial score (nSPS) is 12.1. The standard InChI is InChI=1S/C9H5ClF3N3O2/c1-15-7-5(16(17)18)3-2-4(10)6(7)14-8(15)9(11,12)13/h2-3H,1H3. The minimum atomic E-state index is -4.70. The summed E-state index contributed by atoms with van der Waals surface area (Å²) >= 11 is 5.70. The Labute approximate surface area is 103 Å². The highest BCUT2D eigenvalue weighted by molar-refractivity contribution is 6.35. The van der Waals surface area contributed by atoms with Crippen molar-refractivity contribution in [2.24, 2.45) is 7.05 Å². The molecule has 1 heterocycles. The van der Waals surface area contributed by atoms with E-state index in [1.807, 2.05) is 0 Å². The van der Waals surface area contributed by atoms with Crippen molar-refractivity contribution in [3.63, 3.8) is 0 Å². The summed E-state index contributed by atoms with van der Waals surface area (Å²) in [4.78, 5) is 13.3. The van der Waals surface area contributed by atoms with Gasteiger partial charge in [-0.15, -0.1) is 0 Å². The van der Waals surface area contributed by atoms with E-state index in [9.17, 15) is 23.3 Å². The first-order valence-electron chi connectivity index (χ1n) is 4.60. The second-order valence-electron chi connectivity index (χ2n) is 3.51. The summed E-state index contributed by atoms with van der Waals surface area (Å²) in [6, 6.07) is 2.20. The number of rotatable bonds is 1. The number of aromatic nitrogens is 2. The summed E-state index contributed by atoms with van der Waals surface area (Å²) in [7, 11) is 1.06. The highest BCUT2D eigenvalue weighted by Crippen LogP contribution is 2.36. The summed E-state index contributed by atoms with van der Waals surface area (Å²) in [6.07, 6.45) is -4.70. The van der Waals surface area contributed by atoms with Gasteiger partial charge in [-0.3, -0.25) is 10.1 Å². The molecule has 2 aromatic rings. The first-order valence-corrected chi connectivity index (χ1v) is 4.97. The molecule has 0 aliphatic carbocycles. The van der Waals surface area contributed by atoms with Crippen LogP contribution < -0.4 is 0 Å². The molecule has 0 unspecified atom stereocenters. The largest absolute Gasteiger partial charge is 0.449 e. The zero-order chi connectivity index (χ0) is 13.7. The lowest BCUT2D eigenvalue weighted by molar-refractivity contribution is -0.383. The molecule has 18 heavy (non-hydrogen) atoms. The lowest BCUT2D eigenvalue weighted by Crippen LogP contribution is -2.12. The van der Waals surface area contributed by atoms with Crippen LogP contribution in [0.2, 0.25) is 5.02 Å². The van der Waals surface area contributed by atoms with E-state index < -0.39 is 22.6 Å². The molecule has 96 valence electrons. The Balaban J connectivity index is 2.91. The van der Waals surface area contributed by atoms with Gasteiger partial charge in [-0.25, -0.2) is 4.98 Å². The molecule has 2 rings (SSSR count). The maximum Gasteiger partial charge on any atom is 0.449 e. The molecule has 0 N–H and O–H groups in total. The zero-order valence-electron chi connectivity index (χ0n) is 8.82. The van der Waals surface area contributed by atoms with Crippen LogP contribution >= 0.6 is 11.6 Å². The number of halogens is 4. The molecule has 1 aromatic heterocycles. The molecular weight excluding hydrogens is 275 g/mol. The maximum atomic E-state index is 12.7. The number of non-ortho nitro benzene ring substituents is 1. The lowest BCUT2D eigenvalue weighted by atomic mass is 10.2. The van der Waals surface area contributed by atoms with Crippen LogP contribution in [0.15, 0.2) is 12.1 Å². The van der Waals surface area contributed by atoms with E-state index in [2.05, 4.69) is 4.98 Å². The van der Waals surface area contributed by atoms with Gasteiger partial charge < -0.3 is 4.57 Å². The summed E-state index contributed by atoms with van der Waals surface area (Å²) in [6.45, 7) is 0. The van der Waals surface area contributed by atoms with Gasteiger partial charge in [-0.1, -0.05) is 11.6 Å².